The monoisotopic (exact) mass is 496 g/mol. The Morgan fingerprint density at radius 3 is 2.17 bits per heavy atom. The van der Waals surface area contributed by atoms with Gasteiger partial charge < -0.3 is 0 Å². The number of aromatic nitrogens is 2. The minimum atomic E-state index is -0.810. The van der Waals surface area contributed by atoms with Gasteiger partial charge in [0.05, 0.1) is 0 Å². The van der Waals surface area contributed by atoms with Gasteiger partial charge in [-0.1, -0.05) is 68.5 Å². The first-order chi connectivity index (χ1) is 17.0. The third kappa shape index (κ3) is 6.21. The van der Waals surface area contributed by atoms with Crippen molar-refractivity contribution >= 4 is 22.4 Å². The summed E-state index contributed by atoms with van der Waals surface area (Å²) >= 11 is 5.54. The summed E-state index contributed by atoms with van der Waals surface area (Å²) in [6, 6.07) is 11.4. The lowest BCUT2D eigenvalue weighted by atomic mass is 9.99. The van der Waals surface area contributed by atoms with Gasteiger partial charge in [-0.2, -0.15) is 0 Å². The molecule has 2 nitrogen and oxygen atoms in total. The average molecular weight is 497 g/mol. The maximum atomic E-state index is 15.2. The normalized spacial score (nSPS) is 11.3. The Morgan fingerprint density at radius 1 is 0.743 bits per heavy atom. The Hall–Kier alpha value is -2.92. The van der Waals surface area contributed by atoms with E-state index in [1.807, 2.05) is 30.6 Å². The maximum absolute atomic E-state index is 15.2. The quantitative estimate of drug-likeness (QED) is 0.162. The lowest BCUT2D eigenvalue weighted by Crippen LogP contribution is -1.98. The Morgan fingerprint density at radius 2 is 1.46 bits per heavy atom. The number of benzene rings is 3. The molecule has 0 aliphatic carbocycles. The van der Waals surface area contributed by atoms with Gasteiger partial charge in [-0.25, -0.2) is 23.1 Å². The molecule has 3 aromatic carbocycles. The molecule has 0 amide bonds. The second kappa shape index (κ2) is 11.7. The Labute approximate surface area is 209 Å². The fourth-order valence-corrected chi connectivity index (χ4v) is 4.38. The summed E-state index contributed by atoms with van der Waals surface area (Å²) in [4.78, 5) is 9.04. The predicted molar refractivity (Wildman–Crippen MR) is 136 cm³/mol. The predicted octanol–water partition coefficient (Wildman–Crippen LogP) is 8.67. The number of nitrogens with zero attached hydrogens (tertiary/aromatic N) is 2. The van der Waals surface area contributed by atoms with Gasteiger partial charge in [0.2, 0.25) is 0 Å². The van der Waals surface area contributed by atoms with E-state index >= 15 is 4.39 Å². The van der Waals surface area contributed by atoms with Gasteiger partial charge in [-0.3, -0.25) is 0 Å². The molecule has 0 aliphatic heterocycles. The summed E-state index contributed by atoms with van der Waals surface area (Å²) in [7, 11) is 0. The maximum Gasteiger partial charge on any atom is 0.159 e. The Balaban J connectivity index is 1.45. The molecule has 0 N–H and O–H groups in total. The highest BCUT2D eigenvalue weighted by Gasteiger charge is 2.12. The van der Waals surface area contributed by atoms with E-state index in [9.17, 15) is 8.78 Å². The van der Waals surface area contributed by atoms with Crippen LogP contribution in [-0.4, -0.2) is 9.97 Å². The second-order valence-corrected chi connectivity index (χ2v) is 9.31. The van der Waals surface area contributed by atoms with E-state index < -0.39 is 16.7 Å². The SMILES string of the molecule is CCCCCCCc1cnc(-c2ccc3c(F)c(CCc4cc(F)c(Cl)c(F)c4)ccc3c2)nc1. The number of hydrogen-bond acceptors (Lipinski definition) is 2. The van der Waals surface area contributed by atoms with Gasteiger partial charge >= 0.3 is 0 Å². The standard InChI is InChI=1S/C29H28ClF3N2/c1-2-3-4-5-6-7-20-17-34-29(35-18-20)23-12-13-24-22(16-23)11-10-21(28(24)33)9-8-19-14-25(31)27(30)26(32)15-19/h10-18H,2-9H2,1H3. The van der Waals surface area contributed by atoms with Gasteiger partial charge in [0, 0.05) is 23.3 Å². The highest BCUT2D eigenvalue weighted by atomic mass is 35.5. The smallest absolute Gasteiger partial charge is 0.159 e. The summed E-state index contributed by atoms with van der Waals surface area (Å²) < 4.78 is 42.6. The molecule has 4 aromatic rings. The molecular formula is C29H28ClF3N2. The van der Waals surface area contributed by atoms with Crippen molar-refractivity contribution in [1.29, 1.82) is 0 Å². The largest absolute Gasteiger partial charge is 0.236 e. The Kier molecular flexibility index (Phi) is 8.40. The summed E-state index contributed by atoms with van der Waals surface area (Å²) in [5, 5.41) is 0.710. The van der Waals surface area contributed by atoms with Crippen LogP contribution >= 0.6 is 11.6 Å². The van der Waals surface area contributed by atoms with Gasteiger partial charge in [0.15, 0.2) is 5.82 Å². The first kappa shape index (κ1) is 25.2. The first-order valence-corrected chi connectivity index (χ1v) is 12.5. The molecule has 1 aromatic heterocycles. The van der Waals surface area contributed by atoms with Crippen molar-refractivity contribution < 1.29 is 13.2 Å². The molecule has 6 heteroatoms. The van der Waals surface area contributed by atoms with Crippen molar-refractivity contribution in [2.24, 2.45) is 0 Å². The van der Waals surface area contributed by atoms with Crippen molar-refractivity contribution in [3.05, 3.63) is 94.0 Å². The number of fused-ring (bicyclic) bond motifs is 1. The number of unbranched alkanes of at least 4 members (excludes halogenated alkanes) is 4. The zero-order valence-electron chi connectivity index (χ0n) is 19.8. The molecule has 0 fully saturated rings. The molecule has 182 valence electrons. The number of rotatable bonds is 10. The molecule has 0 radical (unpaired) electrons. The van der Waals surface area contributed by atoms with Crippen LogP contribution in [0.5, 0.6) is 0 Å². The van der Waals surface area contributed by atoms with Gasteiger partial charge in [0.25, 0.3) is 0 Å². The summed E-state index contributed by atoms with van der Waals surface area (Å²) in [6.45, 7) is 2.21. The third-order valence-electron chi connectivity index (χ3n) is 6.29. The van der Waals surface area contributed by atoms with Gasteiger partial charge in [-0.15, -0.1) is 0 Å². The van der Waals surface area contributed by atoms with Crippen LogP contribution in [0.15, 0.2) is 54.9 Å². The van der Waals surface area contributed by atoms with Crippen molar-refractivity contribution in [1.82, 2.24) is 9.97 Å². The highest BCUT2D eigenvalue weighted by Crippen LogP contribution is 2.27. The van der Waals surface area contributed by atoms with Crippen molar-refractivity contribution in [2.45, 2.75) is 58.3 Å². The first-order valence-electron chi connectivity index (χ1n) is 12.1. The molecule has 0 bridgehead atoms. The van der Waals surface area contributed by atoms with E-state index in [1.54, 1.807) is 12.1 Å². The fourth-order valence-electron chi connectivity index (χ4n) is 4.27. The number of halogens is 4. The molecule has 35 heavy (non-hydrogen) atoms. The molecule has 0 unspecified atom stereocenters. The molecule has 0 saturated heterocycles. The van der Waals surface area contributed by atoms with Crippen molar-refractivity contribution in [3.8, 4) is 11.4 Å². The molecule has 1 heterocycles. The number of aryl methyl sites for hydroxylation is 3. The van der Waals surface area contributed by atoms with Crippen LogP contribution in [0.2, 0.25) is 5.02 Å². The van der Waals surface area contributed by atoms with Gasteiger partial charge in [-0.05, 0) is 66.0 Å². The second-order valence-electron chi connectivity index (χ2n) is 8.93. The van der Waals surface area contributed by atoms with Crippen molar-refractivity contribution in [2.75, 3.05) is 0 Å². The topological polar surface area (TPSA) is 25.8 Å². The van der Waals surface area contributed by atoms with E-state index in [0.29, 0.717) is 35.2 Å². The van der Waals surface area contributed by atoms with Crippen LogP contribution in [0, 0.1) is 17.5 Å². The van der Waals surface area contributed by atoms with Crippen LogP contribution in [-0.2, 0) is 19.3 Å². The minimum absolute atomic E-state index is 0.296. The lowest BCUT2D eigenvalue weighted by Gasteiger charge is -2.09. The van der Waals surface area contributed by atoms with E-state index in [0.717, 1.165) is 29.4 Å². The van der Waals surface area contributed by atoms with Crippen LogP contribution in [0.1, 0.15) is 55.7 Å². The zero-order valence-corrected chi connectivity index (χ0v) is 20.5. The highest BCUT2D eigenvalue weighted by molar-refractivity contribution is 6.30. The van der Waals surface area contributed by atoms with E-state index in [1.165, 1.54) is 37.8 Å². The molecule has 4 rings (SSSR count). The van der Waals surface area contributed by atoms with Crippen LogP contribution in [0.3, 0.4) is 0 Å². The minimum Gasteiger partial charge on any atom is -0.236 e. The summed E-state index contributed by atoms with van der Waals surface area (Å²) in [6.07, 6.45) is 11.5. The summed E-state index contributed by atoms with van der Waals surface area (Å²) in [5.74, 6) is -1.34. The van der Waals surface area contributed by atoms with Crippen LogP contribution < -0.4 is 0 Å². The molecular weight excluding hydrogens is 469 g/mol. The lowest BCUT2D eigenvalue weighted by molar-refractivity contribution is 0.579. The number of hydrogen-bond donors (Lipinski definition) is 0. The van der Waals surface area contributed by atoms with Crippen molar-refractivity contribution in [3.63, 3.8) is 0 Å². The van der Waals surface area contributed by atoms with E-state index in [4.69, 9.17) is 11.6 Å². The van der Waals surface area contributed by atoms with Gasteiger partial charge in [0.1, 0.15) is 22.5 Å². The fraction of sp³-hybridized carbons (Fsp3) is 0.310. The van der Waals surface area contributed by atoms with E-state index in [2.05, 4.69) is 16.9 Å². The molecule has 0 atom stereocenters. The van der Waals surface area contributed by atoms with Crippen LogP contribution in [0.25, 0.3) is 22.2 Å². The van der Waals surface area contributed by atoms with Crippen LogP contribution in [0.4, 0.5) is 13.2 Å². The molecule has 0 saturated carbocycles. The zero-order chi connectivity index (χ0) is 24.8. The Bertz CT molecular complexity index is 1280. The average Bonchev–Trinajstić information content (AvgIpc) is 2.87. The molecule has 0 spiro atoms. The molecule has 0 aliphatic rings. The van der Waals surface area contributed by atoms with E-state index in [-0.39, 0.29) is 5.82 Å². The summed E-state index contributed by atoms with van der Waals surface area (Å²) in [5.41, 5.74) is 2.87. The third-order valence-corrected chi connectivity index (χ3v) is 6.65.